The zero-order valence-electron chi connectivity index (χ0n) is 12.2. The van der Waals surface area contributed by atoms with Crippen molar-refractivity contribution in [3.8, 4) is 0 Å². The van der Waals surface area contributed by atoms with Crippen molar-refractivity contribution in [3.05, 3.63) is 0 Å². The lowest BCUT2D eigenvalue weighted by atomic mass is 9.94. The molecule has 106 valence electrons. The number of hydrogen-bond donors (Lipinski definition) is 2. The first-order valence-corrected chi connectivity index (χ1v) is 7.22. The van der Waals surface area contributed by atoms with Crippen LogP contribution >= 0.6 is 0 Å². The highest BCUT2D eigenvalue weighted by Gasteiger charge is 2.43. The molecule has 0 spiro atoms. The summed E-state index contributed by atoms with van der Waals surface area (Å²) in [6, 6.07) is 0. The van der Waals surface area contributed by atoms with Gasteiger partial charge in [-0.05, 0) is 39.5 Å². The average Bonchev–Trinajstić information content (AvgIpc) is 3.12. The number of hydrogen-bond acceptors (Lipinski definition) is 4. The minimum absolute atomic E-state index is 0.122. The predicted octanol–water partition coefficient (Wildman–Crippen LogP) is 0.502. The van der Waals surface area contributed by atoms with E-state index in [4.69, 9.17) is 5.73 Å². The molecule has 4 heteroatoms. The largest absolute Gasteiger partial charge is 0.394 e. The van der Waals surface area contributed by atoms with Crippen molar-refractivity contribution in [2.75, 3.05) is 39.3 Å². The standard InChI is InChI=1S/C14H29N3O/c1-13(2,3)17-8-6-16(7-9-17)10-14(15,11-18)12-4-5-12/h12,18H,4-11,15H2,1-3H3. The molecule has 18 heavy (non-hydrogen) atoms. The third-order valence-corrected chi connectivity index (χ3v) is 4.52. The molecule has 1 heterocycles. The minimum atomic E-state index is -0.357. The van der Waals surface area contributed by atoms with Crippen molar-refractivity contribution in [2.45, 2.75) is 44.7 Å². The van der Waals surface area contributed by atoms with Gasteiger partial charge in [-0.2, -0.15) is 0 Å². The van der Waals surface area contributed by atoms with Gasteiger partial charge in [-0.3, -0.25) is 9.80 Å². The molecule has 0 bridgehead atoms. The topological polar surface area (TPSA) is 52.7 Å². The zero-order valence-corrected chi connectivity index (χ0v) is 12.2. The Bertz CT molecular complexity index is 277. The van der Waals surface area contributed by atoms with Crippen LogP contribution in [0.15, 0.2) is 0 Å². The van der Waals surface area contributed by atoms with Crippen molar-refractivity contribution in [3.63, 3.8) is 0 Å². The van der Waals surface area contributed by atoms with E-state index in [1.165, 1.54) is 12.8 Å². The highest BCUT2D eigenvalue weighted by molar-refractivity contribution is 5.01. The summed E-state index contributed by atoms with van der Waals surface area (Å²) < 4.78 is 0. The molecule has 2 fully saturated rings. The quantitative estimate of drug-likeness (QED) is 0.768. The Balaban J connectivity index is 1.83. The van der Waals surface area contributed by atoms with Gasteiger partial charge in [0.2, 0.25) is 0 Å². The van der Waals surface area contributed by atoms with E-state index in [9.17, 15) is 5.11 Å². The number of nitrogens with zero attached hydrogens (tertiary/aromatic N) is 2. The molecule has 0 aromatic rings. The lowest BCUT2D eigenvalue weighted by Crippen LogP contribution is -2.60. The minimum Gasteiger partial charge on any atom is -0.394 e. The van der Waals surface area contributed by atoms with Gasteiger partial charge in [0.1, 0.15) is 0 Å². The average molecular weight is 255 g/mol. The van der Waals surface area contributed by atoms with Crippen molar-refractivity contribution < 1.29 is 5.11 Å². The molecule has 1 saturated heterocycles. The fraction of sp³-hybridized carbons (Fsp3) is 1.00. The third kappa shape index (κ3) is 3.23. The van der Waals surface area contributed by atoms with Gasteiger partial charge in [0.05, 0.1) is 12.1 Å². The predicted molar refractivity (Wildman–Crippen MR) is 74.5 cm³/mol. The second kappa shape index (κ2) is 5.08. The van der Waals surface area contributed by atoms with Gasteiger partial charge in [-0.15, -0.1) is 0 Å². The Morgan fingerprint density at radius 1 is 1.11 bits per heavy atom. The first kappa shape index (κ1) is 14.3. The number of piperazine rings is 1. The lowest BCUT2D eigenvalue weighted by molar-refractivity contribution is 0.0397. The van der Waals surface area contributed by atoms with Crippen LogP contribution in [0.1, 0.15) is 33.6 Å². The van der Waals surface area contributed by atoms with Crippen LogP contribution in [0.2, 0.25) is 0 Å². The summed E-state index contributed by atoms with van der Waals surface area (Å²) in [5, 5.41) is 9.55. The smallest absolute Gasteiger partial charge is 0.0626 e. The maximum Gasteiger partial charge on any atom is 0.0626 e. The fourth-order valence-corrected chi connectivity index (χ4v) is 2.96. The summed E-state index contributed by atoms with van der Waals surface area (Å²) >= 11 is 0. The molecule has 4 nitrogen and oxygen atoms in total. The second-order valence-corrected chi connectivity index (χ2v) is 7.10. The van der Waals surface area contributed by atoms with Gasteiger partial charge in [0.25, 0.3) is 0 Å². The van der Waals surface area contributed by atoms with Crippen LogP contribution in [0.25, 0.3) is 0 Å². The first-order valence-electron chi connectivity index (χ1n) is 7.22. The number of rotatable bonds is 4. The molecule has 1 saturated carbocycles. The molecule has 2 aliphatic rings. The van der Waals surface area contributed by atoms with Crippen molar-refractivity contribution >= 4 is 0 Å². The highest BCUT2D eigenvalue weighted by atomic mass is 16.3. The van der Waals surface area contributed by atoms with Crippen LogP contribution in [-0.2, 0) is 0 Å². The van der Waals surface area contributed by atoms with E-state index < -0.39 is 0 Å². The van der Waals surface area contributed by atoms with E-state index in [1.807, 2.05) is 0 Å². The van der Waals surface area contributed by atoms with Crippen LogP contribution in [0, 0.1) is 5.92 Å². The molecule has 1 atom stereocenters. The van der Waals surface area contributed by atoms with E-state index in [2.05, 4.69) is 30.6 Å². The SMILES string of the molecule is CC(C)(C)N1CCN(CC(N)(CO)C2CC2)CC1. The molecule has 1 unspecified atom stereocenters. The molecule has 1 aliphatic heterocycles. The van der Waals surface area contributed by atoms with E-state index in [1.54, 1.807) is 0 Å². The maximum absolute atomic E-state index is 9.55. The maximum atomic E-state index is 9.55. The summed E-state index contributed by atoms with van der Waals surface area (Å²) in [6.07, 6.45) is 2.39. The molecule has 3 N–H and O–H groups in total. The van der Waals surface area contributed by atoms with E-state index in [-0.39, 0.29) is 17.7 Å². The Morgan fingerprint density at radius 3 is 2.06 bits per heavy atom. The molecule has 1 aliphatic carbocycles. The Morgan fingerprint density at radius 2 is 1.67 bits per heavy atom. The Labute approximate surface area is 111 Å². The van der Waals surface area contributed by atoms with Crippen LogP contribution in [0.5, 0.6) is 0 Å². The molecular weight excluding hydrogens is 226 g/mol. The molecule has 0 amide bonds. The van der Waals surface area contributed by atoms with Gasteiger partial charge in [0.15, 0.2) is 0 Å². The van der Waals surface area contributed by atoms with Crippen LogP contribution in [0.4, 0.5) is 0 Å². The molecular formula is C14H29N3O. The summed E-state index contributed by atoms with van der Waals surface area (Å²) in [5.41, 5.74) is 6.25. The van der Waals surface area contributed by atoms with Crippen LogP contribution < -0.4 is 5.73 Å². The molecule has 0 aromatic carbocycles. The number of aliphatic hydroxyl groups is 1. The van der Waals surface area contributed by atoms with Gasteiger partial charge in [-0.25, -0.2) is 0 Å². The third-order valence-electron chi connectivity index (χ3n) is 4.52. The van der Waals surface area contributed by atoms with Crippen LogP contribution in [-0.4, -0.2) is 65.3 Å². The van der Waals surface area contributed by atoms with Gasteiger partial charge < -0.3 is 10.8 Å². The van der Waals surface area contributed by atoms with Gasteiger partial charge in [-0.1, -0.05) is 0 Å². The monoisotopic (exact) mass is 255 g/mol. The van der Waals surface area contributed by atoms with Crippen LogP contribution in [0.3, 0.4) is 0 Å². The van der Waals surface area contributed by atoms with Gasteiger partial charge >= 0.3 is 0 Å². The number of aliphatic hydroxyl groups excluding tert-OH is 1. The molecule has 0 aromatic heterocycles. The van der Waals surface area contributed by atoms with Crippen molar-refractivity contribution in [1.29, 1.82) is 0 Å². The zero-order chi connectivity index (χ0) is 13.4. The summed E-state index contributed by atoms with van der Waals surface area (Å²) in [4.78, 5) is 4.95. The fourth-order valence-electron chi connectivity index (χ4n) is 2.96. The Hall–Kier alpha value is -0.160. The normalized spacial score (nSPS) is 27.2. The molecule has 0 radical (unpaired) electrons. The summed E-state index contributed by atoms with van der Waals surface area (Å²) in [5.74, 6) is 0.545. The second-order valence-electron chi connectivity index (χ2n) is 7.10. The van der Waals surface area contributed by atoms with E-state index in [0.717, 1.165) is 32.7 Å². The van der Waals surface area contributed by atoms with Crippen molar-refractivity contribution in [1.82, 2.24) is 9.80 Å². The highest BCUT2D eigenvalue weighted by Crippen LogP contribution is 2.38. The lowest BCUT2D eigenvalue weighted by Gasteiger charge is -2.44. The van der Waals surface area contributed by atoms with Gasteiger partial charge in [0, 0.05) is 38.3 Å². The van der Waals surface area contributed by atoms with E-state index in [0.29, 0.717) is 5.92 Å². The summed E-state index contributed by atoms with van der Waals surface area (Å²) in [7, 11) is 0. The number of nitrogens with two attached hydrogens (primary N) is 1. The molecule has 2 rings (SSSR count). The summed E-state index contributed by atoms with van der Waals surface area (Å²) in [6.45, 7) is 12.1. The first-order chi connectivity index (χ1) is 8.35. The van der Waals surface area contributed by atoms with E-state index >= 15 is 0 Å². The van der Waals surface area contributed by atoms with Crippen molar-refractivity contribution in [2.24, 2.45) is 11.7 Å². The Kier molecular flexibility index (Phi) is 4.02.